The SMILES string of the molecule is CCCOCCOC1CC(Br)C12CCCCC2. The summed E-state index contributed by atoms with van der Waals surface area (Å²) in [7, 11) is 0. The lowest BCUT2D eigenvalue weighted by Gasteiger charge is -2.55. The van der Waals surface area contributed by atoms with Crippen molar-refractivity contribution >= 4 is 15.9 Å². The molecule has 2 aliphatic carbocycles. The molecule has 0 aliphatic heterocycles. The van der Waals surface area contributed by atoms with Gasteiger partial charge in [-0.15, -0.1) is 0 Å². The third-order valence-corrected chi connectivity index (χ3v) is 5.65. The Kier molecular flexibility index (Phi) is 5.31. The Morgan fingerprint density at radius 2 is 1.88 bits per heavy atom. The first-order valence-corrected chi connectivity index (χ1v) is 8.04. The van der Waals surface area contributed by atoms with Gasteiger partial charge in [-0.1, -0.05) is 42.1 Å². The topological polar surface area (TPSA) is 18.5 Å². The monoisotopic (exact) mass is 304 g/mol. The van der Waals surface area contributed by atoms with Crippen molar-refractivity contribution in [3.8, 4) is 0 Å². The predicted octanol–water partition coefficient (Wildman–Crippen LogP) is 3.92. The third-order valence-electron chi connectivity index (χ3n) is 4.37. The van der Waals surface area contributed by atoms with Crippen molar-refractivity contribution in [1.29, 1.82) is 0 Å². The lowest BCUT2D eigenvalue weighted by molar-refractivity contribution is -0.129. The molecule has 1 spiro atoms. The smallest absolute Gasteiger partial charge is 0.0704 e. The van der Waals surface area contributed by atoms with E-state index in [1.54, 1.807) is 0 Å². The molecule has 0 heterocycles. The van der Waals surface area contributed by atoms with Crippen LogP contribution in [0.4, 0.5) is 0 Å². The van der Waals surface area contributed by atoms with E-state index in [0.29, 0.717) is 16.3 Å². The molecule has 2 fully saturated rings. The maximum Gasteiger partial charge on any atom is 0.0704 e. The van der Waals surface area contributed by atoms with Crippen molar-refractivity contribution in [2.45, 2.75) is 62.8 Å². The summed E-state index contributed by atoms with van der Waals surface area (Å²) in [5, 5.41) is 0. The van der Waals surface area contributed by atoms with Gasteiger partial charge < -0.3 is 9.47 Å². The second kappa shape index (κ2) is 6.53. The molecule has 2 aliphatic rings. The minimum absolute atomic E-state index is 0.461. The standard InChI is InChI=1S/C14H25BrO2/c1-2-8-16-9-10-17-13-11-12(15)14(13)6-4-3-5-7-14/h12-13H,2-11H2,1H3. The Hall–Kier alpha value is 0.400. The molecule has 0 amide bonds. The zero-order valence-corrected chi connectivity index (χ0v) is 12.5. The highest BCUT2D eigenvalue weighted by molar-refractivity contribution is 9.09. The lowest BCUT2D eigenvalue weighted by atomic mass is 9.58. The van der Waals surface area contributed by atoms with Crippen molar-refractivity contribution in [2.24, 2.45) is 5.41 Å². The van der Waals surface area contributed by atoms with Gasteiger partial charge in [0.15, 0.2) is 0 Å². The van der Waals surface area contributed by atoms with Crippen LogP contribution in [0.25, 0.3) is 0 Å². The first-order chi connectivity index (χ1) is 8.29. The molecule has 2 saturated carbocycles. The number of ether oxygens (including phenoxy) is 2. The Morgan fingerprint density at radius 1 is 1.12 bits per heavy atom. The Morgan fingerprint density at radius 3 is 2.53 bits per heavy atom. The molecule has 2 atom stereocenters. The first kappa shape index (κ1) is 13.8. The molecule has 0 aromatic rings. The minimum Gasteiger partial charge on any atom is -0.379 e. The van der Waals surface area contributed by atoms with Crippen LogP contribution in [0.3, 0.4) is 0 Å². The molecule has 100 valence electrons. The number of hydrogen-bond donors (Lipinski definition) is 0. The summed E-state index contributed by atoms with van der Waals surface area (Å²) >= 11 is 3.84. The molecular formula is C14H25BrO2. The van der Waals surface area contributed by atoms with Crippen LogP contribution in [0.15, 0.2) is 0 Å². The van der Waals surface area contributed by atoms with Gasteiger partial charge in [0, 0.05) is 16.8 Å². The summed E-state index contributed by atoms with van der Waals surface area (Å²) in [5.41, 5.74) is 0.461. The van der Waals surface area contributed by atoms with E-state index < -0.39 is 0 Å². The summed E-state index contributed by atoms with van der Waals surface area (Å²) in [4.78, 5) is 0.692. The molecule has 17 heavy (non-hydrogen) atoms. The van der Waals surface area contributed by atoms with E-state index in [1.165, 1.54) is 38.5 Å². The molecule has 3 heteroatoms. The largest absolute Gasteiger partial charge is 0.379 e. The number of alkyl halides is 1. The summed E-state index contributed by atoms with van der Waals surface area (Å²) in [5.74, 6) is 0. The summed E-state index contributed by atoms with van der Waals surface area (Å²) in [6.45, 7) is 4.53. The number of hydrogen-bond acceptors (Lipinski definition) is 2. The molecule has 0 aromatic heterocycles. The Bertz CT molecular complexity index is 226. The Labute approximate surface area is 114 Å². The zero-order valence-electron chi connectivity index (χ0n) is 10.9. The van der Waals surface area contributed by atoms with Gasteiger partial charge in [0.2, 0.25) is 0 Å². The van der Waals surface area contributed by atoms with E-state index in [0.717, 1.165) is 26.2 Å². The van der Waals surface area contributed by atoms with Crippen molar-refractivity contribution < 1.29 is 9.47 Å². The molecule has 2 unspecified atom stereocenters. The maximum atomic E-state index is 6.03. The fourth-order valence-electron chi connectivity index (χ4n) is 3.27. The highest BCUT2D eigenvalue weighted by Crippen LogP contribution is 2.56. The van der Waals surface area contributed by atoms with Crippen molar-refractivity contribution in [3.63, 3.8) is 0 Å². The molecule has 2 rings (SSSR count). The highest BCUT2D eigenvalue weighted by Gasteiger charge is 2.54. The predicted molar refractivity (Wildman–Crippen MR) is 73.7 cm³/mol. The molecule has 2 nitrogen and oxygen atoms in total. The summed E-state index contributed by atoms with van der Waals surface area (Å²) < 4.78 is 11.5. The molecular weight excluding hydrogens is 280 g/mol. The van der Waals surface area contributed by atoms with E-state index >= 15 is 0 Å². The van der Waals surface area contributed by atoms with Gasteiger partial charge in [0.25, 0.3) is 0 Å². The quantitative estimate of drug-likeness (QED) is 0.547. The zero-order chi connectivity index (χ0) is 12.1. The average Bonchev–Trinajstić information content (AvgIpc) is 2.38. The summed E-state index contributed by atoms with van der Waals surface area (Å²) in [6.07, 6.45) is 9.64. The normalized spacial score (nSPS) is 31.4. The van der Waals surface area contributed by atoms with Crippen LogP contribution < -0.4 is 0 Å². The van der Waals surface area contributed by atoms with Crippen LogP contribution in [-0.4, -0.2) is 30.8 Å². The fraction of sp³-hybridized carbons (Fsp3) is 1.00. The van der Waals surface area contributed by atoms with Gasteiger partial charge in [0.1, 0.15) is 0 Å². The number of halogens is 1. The molecule has 0 radical (unpaired) electrons. The van der Waals surface area contributed by atoms with Crippen molar-refractivity contribution in [3.05, 3.63) is 0 Å². The van der Waals surface area contributed by atoms with Gasteiger partial charge in [-0.2, -0.15) is 0 Å². The molecule has 0 bridgehead atoms. The van der Waals surface area contributed by atoms with E-state index in [2.05, 4.69) is 22.9 Å². The average molecular weight is 305 g/mol. The molecule has 0 aromatic carbocycles. The van der Waals surface area contributed by atoms with Crippen LogP contribution in [0.5, 0.6) is 0 Å². The highest BCUT2D eigenvalue weighted by atomic mass is 79.9. The van der Waals surface area contributed by atoms with Crippen molar-refractivity contribution in [2.75, 3.05) is 19.8 Å². The second-order valence-electron chi connectivity index (χ2n) is 5.47. The van der Waals surface area contributed by atoms with Crippen LogP contribution in [-0.2, 0) is 9.47 Å². The number of rotatable bonds is 6. The second-order valence-corrected chi connectivity index (χ2v) is 6.57. The van der Waals surface area contributed by atoms with Crippen LogP contribution >= 0.6 is 15.9 Å². The van der Waals surface area contributed by atoms with E-state index in [-0.39, 0.29) is 0 Å². The lowest BCUT2D eigenvalue weighted by Crippen LogP contribution is -2.56. The van der Waals surface area contributed by atoms with Crippen LogP contribution in [0, 0.1) is 5.41 Å². The van der Waals surface area contributed by atoms with Crippen LogP contribution in [0.1, 0.15) is 51.9 Å². The third kappa shape index (κ3) is 3.05. The minimum atomic E-state index is 0.461. The van der Waals surface area contributed by atoms with Gasteiger partial charge >= 0.3 is 0 Å². The van der Waals surface area contributed by atoms with Gasteiger partial charge in [-0.25, -0.2) is 0 Å². The first-order valence-electron chi connectivity index (χ1n) is 7.13. The Balaban J connectivity index is 1.70. The van der Waals surface area contributed by atoms with E-state index in [1.807, 2.05) is 0 Å². The fourth-order valence-corrected chi connectivity index (χ4v) is 4.37. The van der Waals surface area contributed by atoms with Gasteiger partial charge in [0.05, 0.1) is 19.3 Å². The van der Waals surface area contributed by atoms with E-state index in [9.17, 15) is 0 Å². The summed E-state index contributed by atoms with van der Waals surface area (Å²) in [6, 6.07) is 0. The van der Waals surface area contributed by atoms with Gasteiger partial charge in [-0.3, -0.25) is 0 Å². The molecule has 0 N–H and O–H groups in total. The van der Waals surface area contributed by atoms with Crippen LogP contribution in [0.2, 0.25) is 0 Å². The van der Waals surface area contributed by atoms with Crippen molar-refractivity contribution in [1.82, 2.24) is 0 Å². The molecule has 0 saturated heterocycles. The van der Waals surface area contributed by atoms with Gasteiger partial charge in [-0.05, 0) is 25.7 Å². The van der Waals surface area contributed by atoms with E-state index in [4.69, 9.17) is 9.47 Å². The maximum absolute atomic E-state index is 6.03.